The topological polar surface area (TPSA) is 56.5 Å². The number of nitrogens with two attached hydrogens (primary N) is 1. The molecule has 1 heterocycles. The Morgan fingerprint density at radius 3 is 2.48 bits per heavy atom. The van der Waals surface area contributed by atoms with Crippen molar-refractivity contribution in [1.82, 2.24) is 0 Å². The minimum Gasteiger partial charge on any atom is -0.486 e. The van der Waals surface area contributed by atoms with E-state index in [0.717, 1.165) is 36.6 Å². The number of rotatable bonds is 5. The van der Waals surface area contributed by atoms with Crippen LogP contribution in [0.2, 0.25) is 0 Å². The van der Waals surface area contributed by atoms with Gasteiger partial charge in [0.05, 0.1) is 11.4 Å². The zero-order valence-corrected chi connectivity index (χ0v) is 12.0. The smallest absolute Gasteiger partial charge is 0.163 e. The molecular weight excluding hydrogens is 264 g/mol. The van der Waals surface area contributed by atoms with Gasteiger partial charge in [-0.15, -0.1) is 0 Å². The first-order valence-corrected chi connectivity index (χ1v) is 7.30. The minimum atomic E-state index is 0.580. The highest BCUT2D eigenvalue weighted by molar-refractivity contribution is 5.72. The number of nitrogens with one attached hydrogen (secondary N) is 1. The lowest BCUT2D eigenvalue weighted by Crippen LogP contribution is -2.16. The van der Waals surface area contributed by atoms with Crippen LogP contribution >= 0.6 is 0 Å². The van der Waals surface area contributed by atoms with E-state index in [1.54, 1.807) is 0 Å². The first-order chi connectivity index (χ1) is 10.3. The molecule has 0 saturated carbocycles. The zero-order chi connectivity index (χ0) is 14.5. The molecule has 1 aliphatic rings. The fraction of sp³-hybridized carbons (Fsp3) is 0.294. The van der Waals surface area contributed by atoms with E-state index in [2.05, 4.69) is 29.6 Å². The van der Waals surface area contributed by atoms with Crippen LogP contribution in [0.1, 0.15) is 12.0 Å². The Balaban J connectivity index is 1.55. The Kier molecular flexibility index (Phi) is 4.15. The fourth-order valence-corrected chi connectivity index (χ4v) is 2.42. The molecule has 0 bridgehead atoms. The summed E-state index contributed by atoms with van der Waals surface area (Å²) in [4.78, 5) is 0. The van der Waals surface area contributed by atoms with Crippen LogP contribution in [0.15, 0.2) is 42.5 Å². The Morgan fingerprint density at radius 1 is 1.00 bits per heavy atom. The van der Waals surface area contributed by atoms with Gasteiger partial charge in [0.25, 0.3) is 0 Å². The number of fused-ring (bicyclic) bond motifs is 1. The summed E-state index contributed by atoms with van der Waals surface area (Å²) in [6.45, 7) is 2.04. The van der Waals surface area contributed by atoms with E-state index in [1.807, 2.05) is 18.2 Å². The maximum absolute atomic E-state index is 6.04. The van der Waals surface area contributed by atoms with Gasteiger partial charge < -0.3 is 20.5 Å². The van der Waals surface area contributed by atoms with Gasteiger partial charge in [0.2, 0.25) is 0 Å². The van der Waals surface area contributed by atoms with Crippen LogP contribution in [0.3, 0.4) is 0 Å². The molecule has 0 aromatic heterocycles. The molecule has 0 aliphatic carbocycles. The SMILES string of the molecule is Nc1cc2c(cc1NCCCc1ccccc1)OCCO2. The van der Waals surface area contributed by atoms with Gasteiger partial charge >= 0.3 is 0 Å². The summed E-state index contributed by atoms with van der Waals surface area (Å²) in [5.41, 5.74) is 9.00. The van der Waals surface area contributed by atoms with E-state index in [0.29, 0.717) is 18.9 Å². The highest BCUT2D eigenvalue weighted by Gasteiger charge is 2.14. The summed E-state index contributed by atoms with van der Waals surface area (Å²) < 4.78 is 11.1. The Hall–Kier alpha value is -2.36. The van der Waals surface area contributed by atoms with Gasteiger partial charge in [0, 0.05) is 18.7 Å². The molecule has 0 amide bonds. The Morgan fingerprint density at radius 2 is 1.71 bits per heavy atom. The molecule has 0 unspecified atom stereocenters. The average molecular weight is 284 g/mol. The van der Waals surface area contributed by atoms with Crippen molar-refractivity contribution in [3.8, 4) is 11.5 Å². The van der Waals surface area contributed by atoms with Crippen LogP contribution in [-0.2, 0) is 6.42 Å². The first kappa shape index (κ1) is 13.6. The number of aryl methyl sites for hydroxylation is 1. The van der Waals surface area contributed by atoms with Gasteiger partial charge in [-0.1, -0.05) is 30.3 Å². The fourth-order valence-electron chi connectivity index (χ4n) is 2.42. The van der Waals surface area contributed by atoms with Crippen LogP contribution in [0.25, 0.3) is 0 Å². The molecule has 0 radical (unpaired) electrons. The predicted octanol–water partition coefficient (Wildman–Crippen LogP) is 3.08. The summed E-state index contributed by atoms with van der Waals surface area (Å²) in [6, 6.07) is 14.2. The van der Waals surface area contributed by atoms with E-state index in [4.69, 9.17) is 15.2 Å². The first-order valence-electron chi connectivity index (χ1n) is 7.30. The summed E-state index contributed by atoms with van der Waals surface area (Å²) in [5.74, 6) is 1.49. The molecule has 1 aliphatic heterocycles. The second-order valence-electron chi connectivity index (χ2n) is 5.10. The highest BCUT2D eigenvalue weighted by atomic mass is 16.6. The number of benzene rings is 2. The monoisotopic (exact) mass is 284 g/mol. The highest BCUT2D eigenvalue weighted by Crippen LogP contribution is 2.36. The standard InChI is InChI=1S/C17H20N2O2/c18-14-11-16-17(21-10-9-20-16)12-15(14)19-8-4-7-13-5-2-1-3-6-13/h1-3,5-6,11-12,19H,4,7-10,18H2. The Bertz CT molecular complexity index is 599. The third kappa shape index (κ3) is 3.40. The number of hydrogen-bond acceptors (Lipinski definition) is 4. The third-order valence-electron chi connectivity index (χ3n) is 3.51. The van der Waals surface area contributed by atoms with Gasteiger partial charge in [0.15, 0.2) is 11.5 Å². The van der Waals surface area contributed by atoms with Crippen molar-refractivity contribution in [1.29, 1.82) is 0 Å². The van der Waals surface area contributed by atoms with Gasteiger partial charge in [0.1, 0.15) is 13.2 Å². The van der Waals surface area contributed by atoms with Crippen LogP contribution in [0.4, 0.5) is 11.4 Å². The van der Waals surface area contributed by atoms with Crippen LogP contribution < -0.4 is 20.5 Å². The predicted molar refractivity (Wildman–Crippen MR) is 85.1 cm³/mol. The van der Waals surface area contributed by atoms with Crippen molar-refractivity contribution in [2.24, 2.45) is 0 Å². The quantitative estimate of drug-likeness (QED) is 0.654. The minimum absolute atomic E-state index is 0.580. The van der Waals surface area contributed by atoms with E-state index in [1.165, 1.54) is 5.56 Å². The van der Waals surface area contributed by atoms with Crippen molar-refractivity contribution < 1.29 is 9.47 Å². The van der Waals surface area contributed by atoms with Gasteiger partial charge in [-0.25, -0.2) is 0 Å². The number of nitrogen functional groups attached to an aromatic ring is 1. The summed E-state index contributed by atoms with van der Waals surface area (Å²) >= 11 is 0. The normalized spacial score (nSPS) is 13.0. The van der Waals surface area contributed by atoms with Crippen LogP contribution in [-0.4, -0.2) is 19.8 Å². The van der Waals surface area contributed by atoms with Crippen molar-refractivity contribution in [3.05, 3.63) is 48.0 Å². The van der Waals surface area contributed by atoms with Crippen molar-refractivity contribution in [3.63, 3.8) is 0 Å². The largest absolute Gasteiger partial charge is 0.486 e. The molecule has 4 nitrogen and oxygen atoms in total. The molecule has 0 saturated heterocycles. The summed E-state index contributed by atoms with van der Waals surface area (Å²) in [5, 5.41) is 3.37. The molecule has 110 valence electrons. The maximum atomic E-state index is 6.04. The lowest BCUT2D eigenvalue weighted by molar-refractivity contribution is 0.172. The van der Waals surface area contributed by atoms with E-state index < -0.39 is 0 Å². The molecule has 2 aromatic rings. The average Bonchev–Trinajstić information content (AvgIpc) is 2.53. The molecule has 3 rings (SSSR count). The zero-order valence-electron chi connectivity index (χ0n) is 12.0. The number of ether oxygens (including phenoxy) is 2. The molecule has 2 aromatic carbocycles. The number of anilines is 2. The molecule has 21 heavy (non-hydrogen) atoms. The maximum Gasteiger partial charge on any atom is 0.163 e. The second-order valence-corrected chi connectivity index (χ2v) is 5.10. The number of hydrogen-bond donors (Lipinski definition) is 2. The lowest BCUT2D eigenvalue weighted by Gasteiger charge is -2.20. The Labute approximate surface area is 124 Å². The summed E-state index contributed by atoms with van der Waals surface area (Å²) in [7, 11) is 0. The van der Waals surface area contributed by atoms with Crippen molar-refractivity contribution in [2.45, 2.75) is 12.8 Å². The van der Waals surface area contributed by atoms with E-state index >= 15 is 0 Å². The second kappa shape index (κ2) is 6.39. The van der Waals surface area contributed by atoms with Crippen molar-refractivity contribution >= 4 is 11.4 Å². The van der Waals surface area contributed by atoms with E-state index in [-0.39, 0.29) is 0 Å². The van der Waals surface area contributed by atoms with Crippen LogP contribution in [0.5, 0.6) is 11.5 Å². The summed E-state index contributed by atoms with van der Waals surface area (Å²) in [6.07, 6.45) is 2.11. The van der Waals surface area contributed by atoms with Crippen molar-refractivity contribution in [2.75, 3.05) is 30.8 Å². The lowest BCUT2D eigenvalue weighted by atomic mass is 10.1. The molecule has 0 fully saturated rings. The molecular formula is C17H20N2O2. The molecule has 3 N–H and O–H groups in total. The van der Waals surface area contributed by atoms with Gasteiger partial charge in [-0.05, 0) is 18.4 Å². The van der Waals surface area contributed by atoms with Gasteiger partial charge in [-0.3, -0.25) is 0 Å². The van der Waals surface area contributed by atoms with E-state index in [9.17, 15) is 0 Å². The van der Waals surface area contributed by atoms with Gasteiger partial charge in [-0.2, -0.15) is 0 Å². The third-order valence-corrected chi connectivity index (χ3v) is 3.51. The molecule has 0 atom stereocenters. The van der Waals surface area contributed by atoms with Crippen LogP contribution in [0, 0.1) is 0 Å². The molecule has 0 spiro atoms. The molecule has 4 heteroatoms.